The van der Waals surface area contributed by atoms with Gasteiger partial charge >= 0.3 is 0 Å². The van der Waals surface area contributed by atoms with Crippen molar-refractivity contribution in [3.05, 3.63) is 59.4 Å². The van der Waals surface area contributed by atoms with Crippen molar-refractivity contribution in [2.45, 2.75) is 45.4 Å². The molecule has 1 heterocycles. The molecule has 25 heavy (non-hydrogen) atoms. The summed E-state index contributed by atoms with van der Waals surface area (Å²) in [5, 5.41) is 0.979. The molecule has 0 fully saturated rings. The number of fused-ring (bicyclic) bond motifs is 1. The van der Waals surface area contributed by atoms with Crippen LogP contribution in [0.25, 0.3) is 22.2 Å². The van der Waals surface area contributed by atoms with Crippen LogP contribution < -0.4 is 5.73 Å². The molecule has 0 aliphatic carbocycles. The number of benzene rings is 2. The first-order chi connectivity index (χ1) is 11.9. The highest BCUT2D eigenvalue weighted by molar-refractivity contribution is 5.90. The van der Waals surface area contributed by atoms with E-state index < -0.39 is 0 Å². The summed E-state index contributed by atoms with van der Waals surface area (Å²) < 4.78 is 13.8. The Labute approximate surface area is 149 Å². The second kappa shape index (κ2) is 7.01. The van der Waals surface area contributed by atoms with Crippen molar-refractivity contribution in [2.24, 2.45) is 5.73 Å². The zero-order valence-corrected chi connectivity index (χ0v) is 15.3. The second-order valence-corrected chi connectivity index (χ2v) is 7.74. The number of rotatable bonds is 5. The van der Waals surface area contributed by atoms with Crippen molar-refractivity contribution >= 4 is 10.9 Å². The predicted octanol–water partition coefficient (Wildman–Crippen LogP) is 5.55. The van der Waals surface area contributed by atoms with Gasteiger partial charge in [-0.3, -0.25) is 0 Å². The van der Waals surface area contributed by atoms with Gasteiger partial charge in [0.05, 0.1) is 0 Å². The lowest BCUT2D eigenvalue weighted by molar-refractivity contribution is 0.590. The van der Waals surface area contributed by atoms with Gasteiger partial charge in [0, 0.05) is 16.6 Å². The number of halogens is 1. The van der Waals surface area contributed by atoms with Crippen LogP contribution in [0.3, 0.4) is 0 Å². The monoisotopic (exact) mass is 338 g/mol. The van der Waals surface area contributed by atoms with Crippen molar-refractivity contribution < 1.29 is 4.39 Å². The zero-order chi connectivity index (χ0) is 18.0. The molecular weight excluding hydrogens is 311 g/mol. The molecule has 0 amide bonds. The highest BCUT2D eigenvalue weighted by Gasteiger charge is 2.16. The average Bonchev–Trinajstić information content (AvgIpc) is 2.92. The molecule has 0 aliphatic heterocycles. The molecule has 0 saturated carbocycles. The molecule has 0 aliphatic rings. The molecule has 0 bridgehead atoms. The third-order valence-corrected chi connectivity index (χ3v) is 4.79. The highest BCUT2D eigenvalue weighted by Crippen LogP contribution is 2.33. The van der Waals surface area contributed by atoms with Crippen LogP contribution in [-0.2, 0) is 11.8 Å². The lowest BCUT2D eigenvalue weighted by Gasteiger charge is -2.19. The van der Waals surface area contributed by atoms with Gasteiger partial charge < -0.3 is 10.7 Å². The van der Waals surface area contributed by atoms with Gasteiger partial charge in [-0.1, -0.05) is 45.0 Å². The summed E-state index contributed by atoms with van der Waals surface area (Å²) in [6.45, 7) is 7.33. The fourth-order valence-electron chi connectivity index (χ4n) is 3.31. The number of hydrogen-bond acceptors (Lipinski definition) is 1. The van der Waals surface area contributed by atoms with E-state index in [4.69, 9.17) is 5.73 Å². The van der Waals surface area contributed by atoms with Crippen LogP contribution in [0.4, 0.5) is 4.39 Å². The van der Waals surface area contributed by atoms with Gasteiger partial charge in [-0.25, -0.2) is 4.39 Å². The van der Waals surface area contributed by atoms with E-state index >= 15 is 0 Å². The topological polar surface area (TPSA) is 41.8 Å². The third-order valence-electron chi connectivity index (χ3n) is 4.79. The quantitative estimate of drug-likeness (QED) is 0.588. The molecular formula is C22H27FN2. The van der Waals surface area contributed by atoms with E-state index in [-0.39, 0.29) is 11.2 Å². The molecule has 2 aromatic carbocycles. The number of hydrogen-bond donors (Lipinski definition) is 2. The van der Waals surface area contributed by atoms with E-state index in [1.54, 1.807) is 6.07 Å². The van der Waals surface area contributed by atoms with E-state index in [0.29, 0.717) is 6.54 Å². The fraction of sp³-hybridized carbons (Fsp3) is 0.364. The Morgan fingerprint density at radius 3 is 2.36 bits per heavy atom. The Bertz CT molecular complexity index is 854. The van der Waals surface area contributed by atoms with Crippen molar-refractivity contribution in [3.8, 4) is 11.3 Å². The summed E-state index contributed by atoms with van der Waals surface area (Å²) in [5.41, 5.74) is 11.5. The van der Waals surface area contributed by atoms with E-state index in [0.717, 1.165) is 41.4 Å². The van der Waals surface area contributed by atoms with Gasteiger partial charge in [0.25, 0.3) is 0 Å². The minimum Gasteiger partial charge on any atom is -0.354 e. The van der Waals surface area contributed by atoms with Crippen molar-refractivity contribution in [1.82, 2.24) is 4.98 Å². The van der Waals surface area contributed by atoms with E-state index in [9.17, 15) is 4.39 Å². The van der Waals surface area contributed by atoms with Crippen LogP contribution >= 0.6 is 0 Å². The predicted molar refractivity (Wildman–Crippen MR) is 104 cm³/mol. The van der Waals surface area contributed by atoms with E-state index in [1.165, 1.54) is 17.2 Å². The number of aryl methyl sites for hydroxylation is 1. The van der Waals surface area contributed by atoms with Gasteiger partial charge in [0.15, 0.2) is 0 Å². The fourth-order valence-corrected chi connectivity index (χ4v) is 3.31. The van der Waals surface area contributed by atoms with E-state index in [2.05, 4.69) is 50.0 Å². The number of aromatic amines is 1. The molecule has 132 valence electrons. The number of nitrogens with two attached hydrogens (primary N) is 1. The molecule has 3 N–H and O–H groups in total. The van der Waals surface area contributed by atoms with Crippen molar-refractivity contribution in [3.63, 3.8) is 0 Å². The number of H-pyrrole nitrogens is 1. The molecule has 0 radical (unpaired) electrons. The smallest absolute Gasteiger partial charge is 0.123 e. The molecule has 0 atom stereocenters. The lowest BCUT2D eigenvalue weighted by atomic mass is 9.86. The Kier molecular flexibility index (Phi) is 4.96. The first kappa shape index (κ1) is 17.7. The average molecular weight is 338 g/mol. The lowest BCUT2D eigenvalue weighted by Crippen LogP contribution is -2.10. The van der Waals surface area contributed by atoms with Crippen LogP contribution in [-0.4, -0.2) is 11.5 Å². The van der Waals surface area contributed by atoms with Crippen molar-refractivity contribution in [1.29, 1.82) is 0 Å². The Morgan fingerprint density at radius 2 is 1.72 bits per heavy atom. The SMILES string of the molecule is CC(C)(C)c1ccc(-c2[nH]c3ccc(F)cc3c2CCCCN)cc1. The Balaban J connectivity index is 2.06. The normalized spacial score (nSPS) is 12.0. The van der Waals surface area contributed by atoms with Crippen LogP contribution in [0.1, 0.15) is 44.7 Å². The molecule has 3 rings (SSSR count). The maximum atomic E-state index is 13.8. The highest BCUT2D eigenvalue weighted by atomic mass is 19.1. The summed E-state index contributed by atoms with van der Waals surface area (Å²) in [7, 11) is 0. The van der Waals surface area contributed by atoms with Crippen molar-refractivity contribution in [2.75, 3.05) is 6.54 Å². The van der Waals surface area contributed by atoms with Gasteiger partial charge in [-0.2, -0.15) is 0 Å². The minimum absolute atomic E-state index is 0.131. The molecule has 3 heteroatoms. The summed E-state index contributed by atoms with van der Waals surface area (Å²) >= 11 is 0. The van der Waals surface area contributed by atoms with Gasteiger partial charge in [0.1, 0.15) is 5.82 Å². The van der Waals surface area contributed by atoms with Crippen LogP contribution in [0.15, 0.2) is 42.5 Å². The molecule has 0 saturated heterocycles. The molecule has 3 aromatic rings. The third kappa shape index (κ3) is 3.77. The standard InChI is InChI=1S/C22H27FN2/c1-22(2,3)16-9-7-15(8-10-16)21-18(6-4-5-13-24)19-14-17(23)11-12-20(19)25-21/h7-12,14,25H,4-6,13,24H2,1-3H3. The maximum absolute atomic E-state index is 13.8. The van der Waals surface area contributed by atoms with E-state index in [1.807, 2.05) is 6.07 Å². The number of unbranched alkanes of at least 4 members (excludes halogenated alkanes) is 1. The van der Waals surface area contributed by atoms with Gasteiger partial charge in [-0.05, 0) is 66.1 Å². The molecule has 1 aromatic heterocycles. The summed E-state index contributed by atoms with van der Waals surface area (Å²) in [4.78, 5) is 3.49. The van der Waals surface area contributed by atoms with Crippen LogP contribution in [0, 0.1) is 5.82 Å². The van der Waals surface area contributed by atoms with Crippen LogP contribution in [0.5, 0.6) is 0 Å². The summed E-state index contributed by atoms with van der Waals surface area (Å²) in [5.74, 6) is -0.193. The van der Waals surface area contributed by atoms with Gasteiger partial charge in [0.2, 0.25) is 0 Å². The van der Waals surface area contributed by atoms with Crippen LogP contribution in [0.2, 0.25) is 0 Å². The summed E-state index contributed by atoms with van der Waals surface area (Å²) in [6.07, 6.45) is 2.88. The largest absolute Gasteiger partial charge is 0.354 e. The molecule has 0 spiro atoms. The first-order valence-electron chi connectivity index (χ1n) is 9.01. The number of nitrogens with one attached hydrogen (secondary N) is 1. The maximum Gasteiger partial charge on any atom is 0.123 e. The zero-order valence-electron chi connectivity index (χ0n) is 15.3. The molecule has 2 nitrogen and oxygen atoms in total. The molecule has 0 unspecified atom stereocenters. The minimum atomic E-state index is -0.193. The Morgan fingerprint density at radius 1 is 1.00 bits per heavy atom. The number of aromatic nitrogens is 1. The first-order valence-corrected chi connectivity index (χ1v) is 9.01. The second-order valence-electron chi connectivity index (χ2n) is 7.74. The summed E-state index contributed by atoms with van der Waals surface area (Å²) in [6, 6.07) is 13.7. The van der Waals surface area contributed by atoms with Gasteiger partial charge in [-0.15, -0.1) is 0 Å². The Hall–Kier alpha value is -2.13.